The molecule has 154 valence electrons. The molecule has 0 bridgehead atoms. The molecule has 0 saturated carbocycles. The quantitative estimate of drug-likeness (QED) is 0.567. The Kier molecular flexibility index (Phi) is 5.84. The molecule has 7 heteroatoms. The summed E-state index contributed by atoms with van der Waals surface area (Å²) >= 11 is 12.4. The number of likely N-dealkylation sites (N-methyl/N-ethyl adjacent to an activating group) is 1. The van der Waals surface area contributed by atoms with Crippen molar-refractivity contribution in [2.45, 2.75) is 26.4 Å². The largest absolute Gasteiger partial charge is 0.344 e. The maximum Gasteiger partial charge on any atom is 0.254 e. The van der Waals surface area contributed by atoms with Crippen LogP contribution < -0.4 is 5.32 Å². The third kappa shape index (κ3) is 3.83. The van der Waals surface area contributed by atoms with Crippen LogP contribution in [0.3, 0.4) is 0 Å². The number of carbonyl (C=O) groups excluding carboxylic acids is 1. The molecule has 1 atom stereocenters. The van der Waals surface area contributed by atoms with Gasteiger partial charge in [0.2, 0.25) is 0 Å². The number of anilines is 1. The fourth-order valence-corrected chi connectivity index (χ4v) is 4.08. The van der Waals surface area contributed by atoms with Crippen molar-refractivity contribution in [3.8, 4) is 0 Å². The van der Waals surface area contributed by atoms with Crippen LogP contribution >= 0.6 is 23.2 Å². The molecule has 2 heterocycles. The van der Waals surface area contributed by atoms with Crippen molar-refractivity contribution in [3.63, 3.8) is 0 Å². The Morgan fingerprint density at radius 3 is 2.60 bits per heavy atom. The molecule has 0 spiro atoms. The highest BCUT2D eigenvalue weighted by molar-refractivity contribution is 6.42. The van der Waals surface area contributed by atoms with Gasteiger partial charge >= 0.3 is 0 Å². The van der Waals surface area contributed by atoms with E-state index in [4.69, 9.17) is 23.2 Å². The number of rotatable bonds is 5. The van der Waals surface area contributed by atoms with E-state index >= 15 is 0 Å². The maximum absolute atomic E-state index is 13.7. The number of amides is 1. The van der Waals surface area contributed by atoms with E-state index in [-0.39, 0.29) is 5.91 Å². The Bertz CT molecular complexity index is 1110. The van der Waals surface area contributed by atoms with Crippen molar-refractivity contribution in [2.75, 3.05) is 11.9 Å². The number of hydrogen-bond acceptors (Lipinski definition) is 3. The zero-order valence-electron chi connectivity index (χ0n) is 16.8. The van der Waals surface area contributed by atoms with Gasteiger partial charge in [-0.1, -0.05) is 59.6 Å². The standard InChI is InChI=1S/C23H22Cl2N4O/c1-3-28(14-16-7-5-4-6-8-16)23(30)21-15(2)27-20-11-12-26-29(20)22(21)17-9-10-18(24)19(25)13-17/h4-13,22,27H,3,14H2,1-2H3. The minimum absolute atomic E-state index is 0.0384. The molecule has 1 amide bonds. The number of fused-ring (bicyclic) bond motifs is 1. The fraction of sp³-hybridized carbons (Fsp3) is 0.217. The predicted octanol–water partition coefficient (Wildman–Crippen LogP) is 5.53. The van der Waals surface area contributed by atoms with Gasteiger partial charge in [0.1, 0.15) is 11.9 Å². The average Bonchev–Trinajstić information content (AvgIpc) is 3.21. The first kappa shape index (κ1) is 20.5. The van der Waals surface area contributed by atoms with E-state index in [1.807, 2.05) is 65.9 Å². The number of nitrogens with zero attached hydrogens (tertiary/aromatic N) is 3. The van der Waals surface area contributed by atoms with Crippen molar-refractivity contribution in [1.29, 1.82) is 0 Å². The van der Waals surface area contributed by atoms with Crippen LogP contribution in [0.15, 0.2) is 72.1 Å². The molecular formula is C23H22Cl2N4O. The van der Waals surface area contributed by atoms with Gasteiger partial charge < -0.3 is 10.2 Å². The molecule has 4 rings (SSSR count). The van der Waals surface area contributed by atoms with Crippen molar-refractivity contribution in [1.82, 2.24) is 14.7 Å². The molecule has 1 unspecified atom stereocenters. The predicted molar refractivity (Wildman–Crippen MR) is 121 cm³/mol. The third-order valence-corrected chi connectivity index (χ3v) is 6.02. The van der Waals surface area contributed by atoms with Gasteiger partial charge in [-0.2, -0.15) is 5.10 Å². The first-order valence-corrected chi connectivity index (χ1v) is 10.5. The second-order valence-corrected chi connectivity index (χ2v) is 8.02. The third-order valence-electron chi connectivity index (χ3n) is 5.28. The lowest BCUT2D eigenvalue weighted by atomic mass is 9.94. The van der Waals surface area contributed by atoms with E-state index in [1.54, 1.807) is 18.3 Å². The van der Waals surface area contributed by atoms with E-state index in [0.717, 1.165) is 22.6 Å². The second-order valence-electron chi connectivity index (χ2n) is 7.21. The minimum atomic E-state index is -0.400. The van der Waals surface area contributed by atoms with Gasteiger partial charge in [-0.3, -0.25) is 4.79 Å². The van der Waals surface area contributed by atoms with Crippen LogP contribution in [0.1, 0.15) is 31.0 Å². The van der Waals surface area contributed by atoms with Gasteiger partial charge in [0, 0.05) is 24.9 Å². The van der Waals surface area contributed by atoms with Gasteiger partial charge in [-0.15, -0.1) is 0 Å². The summed E-state index contributed by atoms with van der Waals surface area (Å²) in [6, 6.07) is 16.9. The second kappa shape index (κ2) is 8.54. The molecule has 2 aromatic carbocycles. The molecule has 5 nitrogen and oxygen atoms in total. The molecule has 0 saturated heterocycles. The van der Waals surface area contributed by atoms with E-state index in [0.29, 0.717) is 28.7 Å². The van der Waals surface area contributed by atoms with Gasteiger partial charge in [-0.05, 0) is 37.1 Å². The molecule has 1 aliphatic heterocycles. The van der Waals surface area contributed by atoms with Crippen LogP contribution in [-0.2, 0) is 11.3 Å². The average molecular weight is 441 g/mol. The zero-order chi connectivity index (χ0) is 21.3. The summed E-state index contributed by atoms with van der Waals surface area (Å²) < 4.78 is 1.82. The Morgan fingerprint density at radius 2 is 1.90 bits per heavy atom. The summed E-state index contributed by atoms with van der Waals surface area (Å²) in [5, 5.41) is 8.71. The molecule has 0 fully saturated rings. The number of hydrogen-bond donors (Lipinski definition) is 1. The zero-order valence-corrected chi connectivity index (χ0v) is 18.3. The summed E-state index contributed by atoms with van der Waals surface area (Å²) in [6.07, 6.45) is 1.72. The van der Waals surface area contributed by atoms with Crippen LogP contribution in [0.4, 0.5) is 5.82 Å². The highest BCUT2D eigenvalue weighted by Crippen LogP contribution is 2.38. The van der Waals surface area contributed by atoms with Crippen LogP contribution in [0.2, 0.25) is 10.0 Å². The van der Waals surface area contributed by atoms with E-state index in [2.05, 4.69) is 10.4 Å². The lowest BCUT2D eigenvalue weighted by Crippen LogP contribution is -2.38. The minimum Gasteiger partial charge on any atom is -0.344 e. The topological polar surface area (TPSA) is 50.2 Å². The maximum atomic E-state index is 13.7. The summed E-state index contributed by atoms with van der Waals surface area (Å²) in [5.74, 6) is 0.787. The lowest BCUT2D eigenvalue weighted by molar-refractivity contribution is -0.128. The Balaban J connectivity index is 1.76. The van der Waals surface area contributed by atoms with Gasteiger partial charge in [0.25, 0.3) is 5.91 Å². The number of carbonyl (C=O) groups is 1. The number of nitrogens with one attached hydrogen (secondary N) is 1. The summed E-state index contributed by atoms with van der Waals surface area (Å²) in [5.41, 5.74) is 3.38. The van der Waals surface area contributed by atoms with Crippen molar-refractivity contribution >= 4 is 34.9 Å². The first-order chi connectivity index (χ1) is 14.5. The van der Waals surface area contributed by atoms with Gasteiger partial charge in [-0.25, -0.2) is 4.68 Å². The molecule has 0 aliphatic carbocycles. The van der Waals surface area contributed by atoms with Crippen LogP contribution in [0.25, 0.3) is 0 Å². The molecular weight excluding hydrogens is 419 g/mol. The summed E-state index contributed by atoms with van der Waals surface area (Å²) in [4.78, 5) is 15.6. The Hall–Kier alpha value is -2.76. The molecule has 1 aliphatic rings. The Morgan fingerprint density at radius 1 is 1.13 bits per heavy atom. The van der Waals surface area contributed by atoms with Crippen molar-refractivity contribution in [2.24, 2.45) is 0 Å². The number of aromatic nitrogens is 2. The number of benzene rings is 2. The lowest BCUT2D eigenvalue weighted by Gasteiger charge is -2.33. The van der Waals surface area contributed by atoms with Crippen molar-refractivity contribution in [3.05, 3.63) is 93.2 Å². The molecule has 30 heavy (non-hydrogen) atoms. The van der Waals surface area contributed by atoms with Crippen LogP contribution in [0, 0.1) is 0 Å². The number of halogens is 2. The highest BCUT2D eigenvalue weighted by atomic mass is 35.5. The van der Waals surface area contributed by atoms with Crippen LogP contribution in [-0.4, -0.2) is 27.1 Å². The summed E-state index contributed by atoms with van der Waals surface area (Å²) in [6.45, 7) is 5.03. The Labute approximate surface area is 185 Å². The van der Waals surface area contributed by atoms with Crippen molar-refractivity contribution < 1.29 is 4.79 Å². The smallest absolute Gasteiger partial charge is 0.254 e. The van der Waals surface area contributed by atoms with E-state index in [9.17, 15) is 4.79 Å². The first-order valence-electron chi connectivity index (χ1n) is 9.79. The molecule has 3 aromatic rings. The molecule has 1 aromatic heterocycles. The van der Waals surface area contributed by atoms with Gasteiger partial charge in [0.15, 0.2) is 0 Å². The highest BCUT2D eigenvalue weighted by Gasteiger charge is 2.34. The van der Waals surface area contributed by atoms with Crippen LogP contribution in [0.5, 0.6) is 0 Å². The summed E-state index contributed by atoms with van der Waals surface area (Å²) in [7, 11) is 0. The van der Waals surface area contributed by atoms with E-state index in [1.165, 1.54) is 0 Å². The monoisotopic (exact) mass is 440 g/mol. The van der Waals surface area contributed by atoms with Gasteiger partial charge in [0.05, 0.1) is 21.8 Å². The molecule has 0 radical (unpaired) electrons. The normalized spacial score (nSPS) is 15.5. The number of allylic oxidation sites excluding steroid dienone is 1. The fourth-order valence-electron chi connectivity index (χ4n) is 3.77. The van der Waals surface area contributed by atoms with E-state index < -0.39 is 6.04 Å². The molecule has 1 N–H and O–H groups in total. The SMILES string of the molecule is CCN(Cc1ccccc1)C(=O)C1=C(C)Nc2ccnn2C1c1ccc(Cl)c(Cl)c1.